The third-order valence-corrected chi connectivity index (χ3v) is 22.5. The molecule has 0 amide bonds. The van der Waals surface area contributed by atoms with Gasteiger partial charge in [-0.2, -0.15) is 0 Å². The van der Waals surface area contributed by atoms with Gasteiger partial charge in [0.2, 0.25) is 0 Å². The number of rotatable bonds is 85. The van der Waals surface area contributed by atoms with Gasteiger partial charge in [0, 0.05) is 25.7 Å². The summed E-state index contributed by atoms with van der Waals surface area (Å²) in [5.74, 6) is -0.525. The zero-order chi connectivity index (χ0) is 77.1. The third-order valence-electron chi connectivity index (χ3n) is 20.6. The number of aliphatic hydroxyl groups is 1. The number of unbranched alkanes of at least 4 members (excludes halogenated alkanes) is 54. The molecule has 19 heteroatoms. The Morgan fingerprint density at radius 3 is 0.724 bits per heavy atom. The second-order valence-electron chi connectivity index (χ2n) is 31.6. The SMILES string of the molecule is CCCCCCCCCCCCCCCCCCCCCC(=O)O[C@H](COC(=O)CCCCCCCCCCCCCCCCC(C)CC)COP(=O)(O)OC[C@@H](O)COP(=O)(O)OC[C@@H](COC(=O)CCCCCCCCCCC(C)C)OC(=O)CCCCCCCCCCCCCCCCCCC. The minimum absolute atomic E-state index is 0.108. The van der Waals surface area contributed by atoms with E-state index in [0.717, 1.165) is 102 Å². The summed E-state index contributed by atoms with van der Waals surface area (Å²) in [4.78, 5) is 73.2. The van der Waals surface area contributed by atoms with E-state index in [2.05, 4.69) is 41.5 Å². The van der Waals surface area contributed by atoms with Gasteiger partial charge in [-0.05, 0) is 37.5 Å². The smallest absolute Gasteiger partial charge is 0.462 e. The number of carbonyl (C=O) groups excluding carboxylic acids is 4. The van der Waals surface area contributed by atoms with Crippen LogP contribution in [0, 0.1) is 11.8 Å². The molecule has 0 saturated carbocycles. The normalized spacial score (nSPS) is 14.1. The number of phosphoric ester groups is 2. The van der Waals surface area contributed by atoms with Crippen LogP contribution in [0.3, 0.4) is 0 Å². The lowest BCUT2D eigenvalue weighted by Crippen LogP contribution is -2.30. The molecule has 0 aliphatic rings. The molecule has 0 rings (SSSR count). The molecule has 0 saturated heterocycles. The number of hydrogen-bond acceptors (Lipinski definition) is 15. The first-order valence-corrected chi connectivity index (χ1v) is 47.5. The van der Waals surface area contributed by atoms with Gasteiger partial charge in [-0.3, -0.25) is 37.3 Å². The number of hydrogen-bond donors (Lipinski definition) is 3. The molecule has 0 bridgehead atoms. The van der Waals surface area contributed by atoms with Crippen LogP contribution in [0.15, 0.2) is 0 Å². The molecule has 105 heavy (non-hydrogen) atoms. The number of carbonyl (C=O) groups is 4. The molecule has 3 N–H and O–H groups in total. The Hall–Kier alpha value is -1.94. The van der Waals surface area contributed by atoms with Gasteiger partial charge in [-0.1, -0.05) is 408 Å². The number of esters is 4. The first-order chi connectivity index (χ1) is 50.9. The van der Waals surface area contributed by atoms with E-state index in [-0.39, 0.29) is 25.7 Å². The predicted octanol–water partition coefficient (Wildman–Crippen LogP) is 26.2. The fourth-order valence-corrected chi connectivity index (χ4v) is 15.0. The van der Waals surface area contributed by atoms with Crippen LogP contribution in [-0.4, -0.2) is 96.7 Å². The van der Waals surface area contributed by atoms with Crippen molar-refractivity contribution in [3.8, 4) is 0 Å². The number of phosphoric acid groups is 2. The highest BCUT2D eigenvalue weighted by Crippen LogP contribution is 2.45. The summed E-state index contributed by atoms with van der Waals surface area (Å²) in [6.45, 7) is 9.70. The highest BCUT2D eigenvalue weighted by Gasteiger charge is 2.30. The second kappa shape index (κ2) is 77.4. The monoisotopic (exact) mass is 1540 g/mol. The quantitative estimate of drug-likeness (QED) is 0.0222. The van der Waals surface area contributed by atoms with Gasteiger partial charge < -0.3 is 33.8 Å². The Balaban J connectivity index is 5.25. The summed E-state index contributed by atoms with van der Waals surface area (Å²) >= 11 is 0. The van der Waals surface area contributed by atoms with Gasteiger partial charge in [0.1, 0.15) is 19.3 Å². The van der Waals surface area contributed by atoms with Gasteiger partial charge in [-0.15, -0.1) is 0 Å². The largest absolute Gasteiger partial charge is 0.472 e. The Labute approximate surface area is 645 Å². The van der Waals surface area contributed by atoms with Crippen LogP contribution < -0.4 is 0 Å². The molecular weight excluding hydrogens is 1370 g/mol. The van der Waals surface area contributed by atoms with E-state index in [1.54, 1.807) is 0 Å². The zero-order valence-electron chi connectivity index (χ0n) is 69.0. The zero-order valence-corrected chi connectivity index (χ0v) is 70.8. The maximum absolute atomic E-state index is 13.1. The Morgan fingerprint density at radius 1 is 0.276 bits per heavy atom. The Morgan fingerprint density at radius 2 is 0.486 bits per heavy atom. The van der Waals surface area contributed by atoms with Crippen LogP contribution in [-0.2, 0) is 65.4 Å². The summed E-state index contributed by atoms with van der Waals surface area (Å²) in [5, 5.41) is 10.7. The molecule has 0 aromatic rings. The van der Waals surface area contributed by atoms with Crippen LogP contribution >= 0.6 is 15.6 Å². The summed E-state index contributed by atoms with van der Waals surface area (Å²) in [7, 11) is -9.93. The Kier molecular flexibility index (Phi) is 76.0. The molecule has 0 aromatic carbocycles. The first kappa shape index (κ1) is 103. The van der Waals surface area contributed by atoms with E-state index in [0.29, 0.717) is 25.7 Å². The van der Waals surface area contributed by atoms with Gasteiger partial charge in [0.25, 0.3) is 0 Å². The van der Waals surface area contributed by atoms with Crippen LogP contribution in [0.4, 0.5) is 0 Å². The molecule has 0 aliphatic heterocycles. The van der Waals surface area contributed by atoms with Crippen LogP contribution in [0.25, 0.3) is 0 Å². The highest BCUT2D eigenvalue weighted by atomic mass is 31.2. The predicted molar refractivity (Wildman–Crippen MR) is 432 cm³/mol. The summed E-state index contributed by atoms with van der Waals surface area (Å²) in [6, 6.07) is 0. The lowest BCUT2D eigenvalue weighted by Gasteiger charge is -2.21. The van der Waals surface area contributed by atoms with Gasteiger partial charge >= 0.3 is 39.5 Å². The van der Waals surface area contributed by atoms with E-state index in [4.69, 9.17) is 37.0 Å². The van der Waals surface area contributed by atoms with Crippen molar-refractivity contribution in [2.75, 3.05) is 39.6 Å². The molecule has 0 radical (unpaired) electrons. The van der Waals surface area contributed by atoms with Gasteiger partial charge in [0.05, 0.1) is 26.4 Å². The van der Waals surface area contributed by atoms with Crippen molar-refractivity contribution in [3.05, 3.63) is 0 Å². The average molecular weight is 1540 g/mol. The fraction of sp³-hybridized carbons (Fsp3) is 0.953. The average Bonchev–Trinajstić information content (AvgIpc) is 0.906. The minimum atomic E-state index is -4.97. The summed E-state index contributed by atoms with van der Waals surface area (Å²) in [5.41, 5.74) is 0. The highest BCUT2D eigenvalue weighted by molar-refractivity contribution is 7.47. The summed E-state index contributed by atoms with van der Waals surface area (Å²) < 4.78 is 68.9. The van der Waals surface area contributed by atoms with Crippen molar-refractivity contribution < 1.29 is 80.2 Å². The number of aliphatic hydroxyl groups excluding tert-OH is 1. The van der Waals surface area contributed by atoms with Crippen molar-refractivity contribution in [1.82, 2.24) is 0 Å². The topological polar surface area (TPSA) is 237 Å². The summed E-state index contributed by atoms with van der Waals surface area (Å²) in [6.07, 6.45) is 69.4. The molecular formula is C86H168O17P2. The lowest BCUT2D eigenvalue weighted by atomic mass is 9.99. The van der Waals surface area contributed by atoms with Crippen LogP contribution in [0.1, 0.15) is 459 Å². The molecule has 0 fully saturated rings. The lowest BCUT2D eigenvalue weighted by molar-refractivity contribution is -0.161. The molecule has 624 valence electrons. The standard InChI is InChI=1S/C86H168O17P2/c1-7-10-12-14-16-18-20-22-24-26-27-29-31-37-41-45-53-59-65-70-85(90)102-81(74-96-83(88)68-62-56-50-43-39-35-33-32-34-38-42-49-55-61-67-79(6)9-3)76-100-104(92,93)98-72-80(87)73-99-105(94,95)101-77-82(75-97-84(89)69-63-57-51-47-46-48-54-60-66-78(4)5)103-86(91)71-64-58-52-44-40-36-30-28-25-23-21-19-17-15-13-11-8-2/h78-82,87H,7-77H2,1-6H3,(H,92,93)(H,94,95)/t79?,80-,81-,82-/m1/s1. The van der Waals surface area contributed by atoms with Crippen molar-refractivity contribution in [1.29, 1.82) is 0 Å². The third kappa shape index (κ3) is 78.5. The van der Waals surface area contributed by atoms with Crippen molar-refractivity contribution >= 4 is 39.5 Å². The van der Waals surface area contributed by atoms with Crippen molar-refractivity contribution in [2.45, 2.75) is 477 Å². The van der Waals surface area contributed by atoms with Crippen molar-refractivity contribution in [3.63, 3.8) is 0 Å². The van der Waals surface area contributed by atoms with Crippen LogP contribution in [0.2, 0.25) is 0 Å². The molecule has 0 heterocycles. The van der Waals surface area contributed by atoms with E-state index in [1.165, 1.54) is 276 Å². The number of ether oxygens (including phenoxy) is 4. The van der Waals surface area contributed by atoms with Crippen LogP contribution in [0.5, 0.6) is 0 Å². The van der Waals surface area contributed by atoms with E-state index in [1.807, 2.05) is 0 Å². The Bertz CT molecular complexity index is 2010. The fourth-order valence-electron chi connectivity index (χ4n) is 13.4. The van der Waals surface area contributed by atoms with Crippen molar-refractivity contribution in [2.24, 2.45) is 11.8 Å². The maximum atomic E-state index is 13.1. The molecule has 0 aliphatic carbocycles. The molecule has 6 atom stereocenters. The second-order valence-corrected chi connectivity index (χ2v) is 34.6. The first-order valence-electron chi connectivity index (χ1n) is 44.5. The minimum Gasteiger partial charge on any atom is -0.462 e. The molecule has 0 aromatic heterocycles. The molecule has 0 spiro atoms. The molecule has 17 nitrogen and oxygen atoms in total. The van der Waals surface area contributed by atoms with Gasteiger partial charge in [0.15, 0.2) is 12.2 Å². The van der Waals surface area contributed by atoms with E-state index in [9.17, 15) is 43.2 Å². The van der Waals surface area contributed by atoms with E-state index >= 15 is 0 Å². The molecule has 3 unspecified atom stereocenters. The van der Waals surface area contributed by atoms with E-state index < -0.39 is 97.5 Å². The maximum Gasteiger partial charge on any atom is 0.472 e. The van der Waals surface area contributed by atoms with Gasteiger partial charge in [-0.25, -0.2) is 9.13 Å².